The number of amides is 1. The van der Waals surface area contributed by atoms with Gasteiger partial charge >= 0.3 is 0 Å². The van der Waals surface area contributed by atoms with Crippen LogP contribution in [0.4, 0.5) is 0 Å². The highest BCUT2D eigenvalue weighted by Gasteiger charge is 2.25. The SMILES string of the molecule is COc1ccccc1-c1c[nH]c2ncc(-c3cccc(C(=O)N(C)C)c3)nc12.COc1ccccc1-c1cn(S(=O)(=O)c2ccc(C)cc2)c2ncc(Br)nc12. The van der Waals surface area contributed by atoms with Gasteiger partial charge in [0.15, 0.2) is 11.3 Å². The molecule has 0 aliphatic carbocycles. The van der Waals surface area contributed by atoms with Crippen molar-refractivity contribution < 1.29 is 22.7 Å². The van der Waals surface area contributed by atoms with E-state index in [0.717, 1.165) is 39.1 Å². The number of carbonyl (C=O) groups is 1. The van der Waals surface area contributed by atoms with E-state index in [1.165, 1.54) is 10.2 Å². The monoisotopic (exact) mass is 829 g/mol. The number of H-pyrrole nitrogens is 1. The minimum absolute atomic E-state index is 0.0488. The average molecular weight is 831 g/mol. The van der Waals surface area contributed by atoms with Crippen LogP contribution >= 0.6 is 15.9 Å². The third kappa shape index (κ3) is 7.36. The normalized spacial score (nSPS) is 11.2. The van der Waals surface area contributed by atoms with Crippen LogP contribution in [0.15, 0.2) is 131 Å². The maximum atomic E-state index is 13.3. The Labute approximate surface area is 332 Å². The number of ether oxygens (including phenoxy) is 2. The molecule has 1 amide bonds. The predicted molar refractivity (Wildman–Crippen MR) is 220 cm³/mol. The van der Waals surface area contributed by atoms with E-state index >= 15 is 0 Å². The number of methoxy groups -OCH3 is 2. The van der Waals surface area contributed by atoms with Crippen molar-refractivity contribution in [2.75, 3.05) is 28.3 Å². The van der Waals surface area contributed by atoms with Crippen LogP contribution in [0.1, 0.15) is 15.9 Å². The van der Waals surface area contributed by atoms with Gasteiger partial charge in [0.2, 0.25) is 0 Å². The fourth-order valence-electron chi connectivity index (χ4n) is 6.19. The lowest BCUT2D eigenvalue weighted by molar-refractivity contribution is 0.0827. The molecule has 0 saturated carbocycles. The molecule has 0 radical (unpaired) electrons. The second-order valence-corrected chi connectivity index (χ2v) is 15.5. The molecule has 0 saturated heterocycles. The highest BCUT2D eigenvalue weighted by Crippen LogP contribution is 2.37. The first-order valence-corrected chi connectivity index (χ1v) is 19.5. The number of nitrogens with one attached hydrogen (secondary N) is 1. The Kier molecular flexibility index (Phi) is 10.7. The number of halogens is 1. The van der Waals surface area contributed by atoms with E-state index in [1.807, 2.05) is 79.9 Å². The first kappa shape index (κ1) is 37.9. The van der Waals surface area contributed by atoms with Gasteiger partial charge in [-0.2, -0.15) is 0 Å². The molecule has 1 N–H and O–H groups in total. The Morgan fingerprint density at radius 2 is 1.43 bits per heavy atom. The topological polar surface area (TPSA) is 145 Å². The third-order valence-corrected chi connectivity index (χ3v) is 11.0. The summed E-state index contributed by atoms with van der Waals surface area (Å²) in [4.78, 5) is 35.3. The molecule has 14 heteroatoms. The van der Waals surface area contributed by atoms with Crippen LogP contribution in [0, 0.1) is 6.92 Å². The van der Waals surface area contributed by atoms with Crippen molar-refractivity contribution >= 4 is 54.2 Å². The lowest BCUT2D eigenvalue weighted by Gasteiger charge is -2.11. The molecule has 0 spiro atoms. The highest BCUT2D eigenvalue weighted by molar-refractivity contribution is 9.10. The van der Waals surface area contributed by atoms with Gasteiger partial charge in [-0.25, -0.2) is 32.3 Å². The second-order valence-electron chi connectivity index (χ2n) is 12.9. The molecule has 8 rings (SSSR count). The lowest BCUT2D eigenvalue weighted by Crippen LogP contribution is -2.21. The number of benzene rings is 4. The quantitative estimate of drug-likeness (QED) is 0.160. The van der Waals surface area contributed by atoms with E-state index in [-0.39, 0.29) is 16.4 Å². The van der Waals surface area contributed by atoms with Crippen molar-refractivity contribution in [2.45, 2.75) is 11.8 Å². The predicted octanol–water partition coefficient (Wildman–Crippen LogP) is 8.42. The van der Waals surface area contributed by atoms with Gasteiger partial charge in [0.25, 0.3) is 15.9 Å². The Morgan fingerprint density at radius 1 is 0.768 bits per heavy atom. The van der Waals surface area contributed by atoms with Crippen LogP contribution in [0.25, 0.3) is 55.8 Å². The fourth-order valence-corrected chi connectivity index (χ4v) is 7.78. The van der Waals surface area contributed by atoms with E-state index in [9.17, 15) is 13.2 Å². The van der Waals surface area contributed by atoms with Crippen molar-refractivity contribution in [2.24, 2.45) is 0 Å². The van der Waals surface area contributed by atoms with Gasteiger partial charge in [0, 0.05) is 59.9 Å². The number of fused-ring (bicyclic) bond motifs is 2. The number of aromatic amines is 1. The first-order valence-electron chi connectivity index (χ1n) is 17.3. The second kappa shape index (κ2) is 15.8. The van der Waals surface area contributed by atoms with Crippen LogP contribution < -0.4 is 9.47 Å². The Balaban J connectivity index is 0.000000172. The maximum Gasteiger partial charge on any atom is 0.269 e. The van der Waals surface area contributed by atoms with E-state index in [1.54, 1.807) is 75.9 Å². The molecule has 0 bridgehead atoms. The van der Waals surface area contributed by atoms with Crippen LogP contribution in [0.3, 0.4) is 0 Å². The molecule has 0 atom stereocenters. The summed E-state index contributed by atoms with van der Waals surface area (Å²) in [5, 5.41) is 0. The first-order chi connectivity index (χ1) is 27.0. The van der Waals surface area contributed by atoms with Gasteiger partial charge in [-0.05, 0) is 59.3 Å². The Bertz CT molecular complexity index is 2840. The zero-order chi connectivity index (χ0) is 39.6. The average Bonchev–Trinajstić information content (AvgIpc) is 3.82. The molecule has 56 heavy (non-hydrogen) atoms. The number of rotatable bonds is 8. The van der Waals surface area contributed by atoms with Gasteiger partial charge in [-0.15, -0.1) is 0 Å². The van der Waals surface area contributed by atoms with Crippen LogP contribution in [0.2, 0.25) is 0 Å². The molecule has 4 aromatic carbocycles. The van der Waals surface area contributed by atoms with Crippen molar-refractivity contribution in [1.82, 2.24) is 33.8 Å². The summed E-state index contributed by atoms with van der Waals surface area (Å²) in [7, 11) is 2.85. The lowest BCUT2D eigenvalue weighted by atomic mass is 10.1. The van der Waals surface area contributed by atoms with E-state index in [0.29, 0.717) is 38.3 Å². The molecule has 4 aromatic heterocycles. The molecule has 0 fully saturated rings. The number of para-hydroxylation sites is 2. The molecule has 12 nitrogen and oxygen atoms in total. The largest absolute Gasteiger partial charge is 0.496 e. The number of nitrogens with zero attached hydrogens (tertiary/aromatic N) is 6. The number of aryl methyl sites for hydroxylation is 1. The van der Waals surface area contributed by atoms with Crippen molar-refractivity contribution in [1.29, 1.82) is 0 Å². The fraction of sp³-hybridized carbons (Fsp3) is 0.119. The summed E-state index contributed by atoms with van der Waals surface area (Å²) >= 11 is 3.32. The minimum atomic E-state index is -3.84. The maximum absolute atomic E-state index is 13.3. The standard InChI is InChI=1S/C22H20N4O2.C20H16BrN3O3S/c1-26(2)22(27)15-8-6-7-14(11-15)18-13-24-21-20(25-18)17(12-23-21)16-9-4-5-10-19(16)28-3;1-13-7-9-14(10-8-13)28(25,26)24-12-16(15-5-3-4-6-17(15)27-2)19-20(24)22-11-18(21)23-19/h4-13H,1-3H3,(H,23,24);3-12H,1-2H3. The van der Waals surface area contributed by atoms with Crippen LogP contribution in [-0.4, -0.2) is 76.4 Å². The molecule has 0 aliphatic rings. The van der Waals surface area contributed by atoms with Crippen LogP contribution in [0.5, 0.6) is 11.5 Å². The summed E-state index contributed by atoms with van der Waals surface area (Å²) < 4.78 is 39.2. The molecule has 0 unspecified atom stereocenters. The smallest absolute Gasteiger partial charge is 0.269 e. The van der Waals surface area contributed by atoms with Crippen LogP contribution in [-0.2, 0) is 10.0 Å². The molecular formula is C42H36BrN7O5S. The minimum Gasteiger partial charge on any atom is -0.496 e. The summed E-state index contributed by atoms with van der Waals surface area (Å²) in [6.07, 6.45) is 6.63. The van der Waals surface area contributed by atoms with E-state index in [4.69, 9.17) is 14.5 Å². The molecule has 8 aromatic rings. The molecule has 4 heterocycles. The van der Waals surface area contributed by atoms with Gasteiger partial charge < -0.3 is 19.4 Å². The number of carbonyl (C=O) groups excluding carboxylic acids is 1. The highest BCUT2D eigenvalue weighted by atomic mass is 79.9. The van der Waals surface area contributed by atoms with E-state index in [2.05, 4.69) is 35.9 Å². The summed E-state index contributed by atoms with van der Waals surface area (Å²) in [5.41, 5.74) is 8.54. The van der Waals surface area contributed by atoms with E-state index < -0.39 is 10.0 Å². The molecule has 0 aliphatic heterocycles. The van der Waals surface area contributed by atoms with Gasteiger partial charge in [-0.1, -0.05) is 66.2 Å². The van der Waals surface area contributed by atoms with Crippen molar-refractivity contribution in [3.8, 4) is 45.0 Å². The summed E-state index contributed by atoms with van der Waals surface area (Å²) in [6.45, 7) is 1.91. The van der Waals surface area contributed by atoms with Crippen molar-refractivity contribution in [3.05, 3.63) is 138 Å². The summed E-state index contributed by atoms with van der Waals surface area (Å²) in [5.74, 6) is 1.34. The van der Waals surface area contributed by atoms with Gasteiger partial charge in [0.05, 0.1) is 37.2 Å². The van der Waals surface area contributed by atoms with Gasteiger partial charge in [-0.3, -0.25) is 4.79 Å². The molecule has 282 valence electrons. The zero-order valence-electron chi connectivity index (χ0n) is 31.1. The zero-order valence-corrected chi connectivity index (χ0v) is 33.5. The number of hydrogen-bond donors (Lipinski definition) is 1. The number of aromatic nitrogens is 6. The number of hydrogen-bond acceptors (Lipinski definition) is 9. The van der Waals surface area contributed by atoms with Crippen molar-refractivity contribution in [3.63, 3.8) is 0 Å². The Hall–Kier alpha value is -6.38. The molecular weight excluding hydrogens is 794 g/mol. The summed E-state index contributed by atoms with van der Waals surface area (Å²) in [6, 6.07) is 29.3. The Morgan fingerprint density at radius 3 is 2.09 bits per heavy atom. The van der Waals surface area contributed by atoms with Gasteiger partial charge in [0.1, 0.15) is 27.1 Å². The third-order valence-electron chi connectivity index (χ3n) is 9.00.